The lowest BCUT2D eigenvalue weighted by Crippen LogP contribution is -2.35. The number of ether oxygens (including phenoxy) is 1. The molecular weight excluding hydrogens is 458 g/mol. The Labute approximate surface area is 198 Å². The summed E-state index contributed by atoms with van der Waals surface area (Å²) in [6, 6.07) is 9.47. The van der Waals surface area contributed by atoms with Crippen LogP contribution in [0.1, 0.15) is 25.6 Å². The summed E-state index contributed by atoms with van der Waals surface area (Å²) < 4.78 is 7.37. The standard InChI is InChI=1S/C24H21N3O4S2/c1-12(22(25)28)8-27-9-16-14(4-3-5-15(16)24(27)30)18-6-19-20(32-18)7-21(33-19)23(29)26-17-11-31-10-13(17)2/h3-7,17H,1-2,8-11H2,(H2,25,28)(H,26,29). The predicted octanol–water partition coefficient (Wildman–Crippen LogP) is 3.31. The third kappa shape index (κ3) is 3.88. The van der Waals surface area contributed by atoms with Crippen molar-refractivity contribution in [2.45, 2.75) is 12.6 Å². The molecule has 0 spiro atoms. The minimum Gasteiger partial charge on any atom is -0.375 e. The van der Waals surface area contributed by atoms with Crippen LogP contribution >= 0.6 is 22.7 Å². The van der Waals surface area contributed by atoms with Crippen molar-refractivity contribution in [3.8, 4) is 10.4 Å². The number of carbonyl (C=O) groups is 3. The molecular formula is C24H21N3O4S2. The van der Waals surface area contributed by atoms with E-state index in [-0.39, 0.29) is 30.0 Å². The molecule has 7 nitrogen and oxygen atoms in total. The lowest BCUT2D eigenvalue weighted by Gasteiger charge is -2.15. The van der Waals surface area contributed by atoms with Crippen molar-refractivity contribution < 1.29 is 19.1 Å². The van der Waals surface area contributed by atoms with Gasteiger partial charge in [0.15, 0.2) is 0 Å². The second-order valence-electron chi connectivity index (χ2n) is 8.11. The number of rotatable bonds is 6. The van der Waals surface area contributed by atoms with Gasteiger partial charge < -0.3 is 20.7 Å². The monoisotopic (exact) mass is 479 g/mol. The second kappa shape index (κ2) is 8.26. The molecule has 168 valence electrons. The summed E-state index contributed by atoms with van der Waals surface area (Å²) >= 11 is 3.02. The van der Waals surface area contributed by atoms with Crippen molar-refractivity contribution in [3.05, 3.63) is 70.6 Å². The molecule has 0 bridgehead atoms. The third-order valence-corrected chi connectivity index (χ3v) is 8.16. The summed E-state index contributed by atoms with van der Waals surface area (Å²) in [5, 5.41) is 2.98. The van der Waals surface area contributed by atoms with Crippen LogP contribution in [0.25, 0.3) is 19.8 Å². The maximum absolute atomic E-state index is 12.8. The zero-order valence-electron chi connectivity index (χ0n) is 17.7. The van der Waals surface area contributed by atoms with Gasteiger partial charge >= 0.3 is 0 Å². The molecule has 1 fully saturated rings. The third-order valence-electron chi connectivity index (χ3n) is 5.84. The molecule has 0 aliphatic carbocycles. The van der Waals surface area contributed by atoms with Gasteiger partial charge in [-0.1, -0.05) is 25.3 Å². The molecule has 1 saturated heterocycles. The number of hydrogen-bond donors (Lipinski definition) is 2. The first-order valence-electron chi connectivity index (χ1n) is 10.3. The fourth-order valence-electron chi connectivity index (χ4n) is 4.04. The van der Waals surface area contributed by atoms with E-state index in [9.17, 15) is 14.4 Å². The fourth-order valence-corrected chi connectivity index (χ4v) is 6.39. The van der Waals surface area contributed by atoms with Crippen molar-refractivity contribution in [2.75, 3.05) is 19.8 Å². The smallest absolute Gasteiger partial charge is 0.261 e. The maximum Gasteiger partial charge on any atom is 0.261 e. The van der Waals surface area contributed by atoms with E-state index in [0.29, 0.717) is 30.2 Å². The number of benzene rings is 1. The molecule has 3 aromatic rings. The lowest BCUT2D eigenvalue weighted by molar-refractivity contribution is -0.114. The van der Waals surface area contributed by atoms with Gasteiger partial charge in [-0.3, -0.25) is 14.4 Å². The van der Waals surface area contributed by atoms with Crippen LogP contribution in [-0.2, 0) is 16.1 Å². The number of nitrogens with zero attached hydrogens (tertiary/aromatic N) is 1. The predicted molar refractivity (Wildman–Crippen MR) is 129 cm³/mol. The Balaban J connectivity index is 1.39. The molecule has 3 N–H and O–H groups in total. The lowest BCUT2D eigenvalue weighted by atomic mass is 10.0. The highest BCUT2D eigenvalue weighted by molar-refractivity contribution is 7.30. The van der Waals surface area contributed by atoms with E-state index in [0.717, 1.165) is 31.0 Å². The quantitative estimate of drug-likeness (QED) is 0.418. The fraction of sp³-hybridized carbons (Fsp3) is 0.208. The molecule has 5 rings (SSSR count). The van der Waals surface area contributed by atoms with Gasteiger partial charge in [-0.15, -0.1) is 22.7 Å². The first-order chi connectivity index (χ1) is 15.8. The Morgan fingerprint density at radius 3 is 2.67 bits per heavy atom. The van der Waals surface area contributed by atoms with Crippen LogP contribution in [0.4, 0.5) is 0 Å². The maximum atomic E-state index is 12.8. The zero-order valence-corrected chi connectivity index (χ0v) is 19.3. The molecule has 1 atom stereocenters. The normalized spacial score (nSPS) is 17.6. The number of nitrogens with two attached hydrogens (primary N) is 1. The van der Waals surface area contributed by atoms with E-state index in [4.69, 9.17) is 10.5 Å². The SMILES string of the molecule is C=C(CN1Cc2c(cccc2-c2cc3sc(C(=O)NC4COCC4=C)cc3s2)C1=O)C(N)=O. The number of carbonyl (C=O) groups excluding carboxylic acids is 3. The van der Waals surface area contributed by atoms with Crippen LogP contribution in [0, 0.1) is 0 Å². The van der Waals surface area contributed by atoms with Crippen molar-refractivity contribution >= 4 is 49.8 Å². The molecule has 2 aromatic heterocycles. The van der Waals surface area contributed by atoms with Crippen LogP contribution in [0.15, 0.2) is 54.6 Å². The molecule has 1 aromatic carbocycles. The van der Waals surface area contributed by atoms with Crippen molar-refractivity contribution in [1.29, 1.82) is 0 Å². The highest BCUT2D eigenvalue weighted by Crippen LogP contribution is 2.41. The summed E-state index contributed by atoms with van der Waals surface area (Å²) in [5.41, 5.74) is 8.90. The van der Waals surface area contributed by atoms with Gasteiger partial charge in [0.25, 0.3) is 11.8 Å². The molecule has 9 heteroatoms. The van der Waals surface area contributed by atoms with Crippen LogP contribution < -0.4 is 11.1 Å². The molecule has 4 heterocycles. The van der Waals surface area contributed by atoms with Crippen LogP contribution in [-0.4, -0.2) is 48.4 Å². The Morgan fingerprint density at radius 1 is 1.21 bits per heavy atom. The first kappa shape index (κ1) is 21.6. The van der Waals surface area contributed by atoms with Gasteiger partial charge in [-0.25, -0.2) is 0 Å². The Morgan fingerprint density at radius 2 is 1.97 bits per heavy atom. The van der Waals surface area contributed by atoms with Crippen LogP contribution in [0.2, 0.25) is 0 Å². The number of nitrogens with one attached hydrogen (secondary N) is 1. The number of amides is 3. The molecule has 2 aliphatic rings. The van der Waals surface area contributed by atoms with Gasteiger partial charge in [0.05, 0.1) is 30.7 Å². The van der Waals surface area contributed by atoms with E-state index in [2.05, 4.69) is 24.5 Å². The van der Waals surface area contributed by atoms with E-state index in [1.165, 1.54) is 11.3 Å². The van der Waals surface area contributed by atoms with E-state index >= 15 is 0 Å². The molecule has 1 unspecified atom stereocenters. The minimum absolute atomic E-state index is 0.110. The summed E-state index contributed by atoms with van der Waals surface area (Å²) in [7, 11) is 0. The van der Waals surface area contributed by atoms with E-state index < -0.39 is 5.91 Å². The van der Waals surface area contributed by atoms with Crippen LogP contribution in [0.3, 0.4) is 0 Å². The van der Waals surface area contributed by atoms with Gasteiger partial charge in [-0.05, 0) is 34.9 Å². The molecule has 0 radical (unpaired) electrons. The largest absolute Gasteiger partial charge is 0.375 e. The van der Waals surface area contributed by atoms with E-state index in [1.54, 1.807) is 22.3 Å². The minimum atomic E-state index is -0.609. The van der Waals surface area contributed by atoms with Crippen molar-refractivity contribution in [1.82, 2.24) is 10.2 Å². The van der Waals surface area contributed by atoms with Gasteiger partial charge in [-0.2, -0.15) is 0 Å². The number of hydrogen-bond acceptors (Lipinski definition) is 6. The number of fused-ring (bicyclic) bond motifs is 2. The second-order valence-corrected chi connectivity index (χ2v) is 10.3. The van der Waals surface area contributed by atoms with E-state index in [1.807, 2.05) is 18.2 Å². The highest BCUT2D eigenvalue weighted by Gasteiger charge is 2.31. The first-order valence-corrected chi connectivity index (χ1v) is 11.9. The Hall–Kier alpha value is -3.27. The zero-order chi connectivity index (χ0) is 23.3. The highest BCUT2D eigenvalue weighted by atomic mass is 32.1. The molecule has 0 saturated carbocycles. The summed E-state index contributed by atoms with van der Waals surface area (Å²) in [4.78, 5) is 40.1. The molecule has 3 amide bonds. The Kier molecular flexibility index (Phi) is 5.40. The van der Waals surface area contributed by atoms with Gasteiger partial charge in [0.1, 0.15) is 0 Å². The number of thiophene rings is 2. The summed E-state index contributed by atoms with van der Waals surface area (Å²) in [6.45, 7) is 9.04. The van der Waals surface area contributed by atoms with Gasteiger partial charge in [0.2, 0.25) is 5.91 Å². The van der Waals surface area contributed by atoms with Crippen molar-refractivity contribution in [3.63, 3.8) is 0 Å². The number of primary amides is 1. The van der Waals surface area contributed by atoms with Crippen LogP contribution in [0.5, 0.6) is 0 Å². The summed E-state index contributed by atoms with van der Waals surface area (Å²) in [5.74, 6) is -0.871. The van der Waals surface area contributed by atoms with Crippen molar-refractivity contribution in [2.24, 2.45) is 5.73 Å². The molecule has 2 aliphatic heterocycles. The van der Waals surface area contributed by atoms with Gasteiger partial charge in [0, 0.05) is 32.0 Å². The summed E-state index contributed by atoms with van der Waals surface area (Å²) in [6.07, 6.45) is 0. The Bertz CT molecular complexity index is 1320. The average molecular weight is 480 g/mol. The molecule has 33 heavy (non-hydrogen) atoms. The topological polar surface area (TPSA) is 102 Å². The average Bonchev–Trinajstić information content (AvgIpc) is 3.52.